The minimum Gasteiger partial charge on any atom is -0.391 e. The van der Waals surface area contributed by atoms with Gasteiger partial charge in [0.05, 0.1) is 28.6 Å². The molecule has 9 heteroatoms. The molecule has 1 aromatic carbocycles. The summed E-state index contributed by atoms with van der Waals surface area (Å²) in [7, 11) is -1.35. The van der Waals surface area contributed by atoms with Crippen LogP contribution in [0.15, 0.2) is 64.8 Å². The predicted molar refractivity (Wildman–Crippen MR) is 134 cm³/mol. The number of nitrogens with zero attached hydrogens (tertiary/aromatic N) is 4. The fourth-order valence-electron chi connectivity index (χ4n) is 4.21. The predicted octanol–water partition coefficient (Wildman–Crippen LogP) is 3.89. The number of hydrogen-bond donors (Lipinski definition) is 2. The number of aliphatic imine (C=N–C) groups is 1. The van der Waals surface area contributed by atoms with Crippen molar-refractivity contribution in [2.45, 2.75) is 36.7 Å². The lowest BCUT2D eigenvalue weighted by Crippen LogP contribution is -2.30. The van der Waals surface area contributed by atoms with E-state index in [9.17, 15) is 13.7 Å². The van der Waals surface area contributed by atoms with E-state index in [1.807, 2.05) is 22.5 Å². The highest BCUT2D eigenvalue weighted by atomic mass is 32.2. The van der Waals surface area contributed by atoms with Crippen molar-refractivity contribution in [3.8, 4) is 0 Å². The molecule has 1 saturated heterocycles. The van der Waals surface area contributed by atoms with E-state index in [0.717, 1.165) is 30.8 Å². The molecule has 4 rings (SSSR count). The minimum atomic E-state index is -1.35. The molecule has 180 valence electrons. The molecule has 1 aromatic heterocycles. The van der Waals surface area contributed by atoms with Crippen molar-refractivity contribution in [2.24, 2.45) is 10.9 Å². The minimum absolute atomic E-state index is 0.165. The molecule has 3 unspecified atom stereocenters. The molecule has 0 saturated carbocycles. The Hall–Kier alpha value is -2.75. The average molecular weight is 484 g/mol. The second-order valence-corrected chi connectivity index (χ2v) is 10.1. The smallest absolute Gasteiger partial charge is 0.129 e. The summed E-state index contributed by atoms with van der Waals surface area (Å²) in [5.41, 5.74) is 2.32. The van der Waals surface area contributed by atoms with Crippen LogP contribution in [0.3, 0.4) is 0 Å². The molecule has 3 atom stereocenters. The van der Waals surface area contributed by atoms with Gasteiger partial charge in [-0.1, -0.05) is 6.08 Å². The number of anilines is 1. The van der Waals surface area contributed by atoms with E-state index in [0.29, 0.717) is 43.1 Å². The molecule has 7 nitrogen and oxygen atoms in total. The molecule has 2 aromatic rings. The van der Waals surface area contributed by atoms with Crippen LogP contribution < -0.4 is 4.90 Å². The molecule has 2 aliphatic heterocycles. The largest absolute Gasteiger partial charge is 0.391 e. The average Bonchev–Trinajstić information content (AvgIpc) is 3.30. The standard InChI is InChI=1S/C25H30FN5O2S/c26-20-6-8-21(9-7-20)29-25-5-1-2-11-31(12-3-4-19(25)15-27)34(33)24-14-22(16-28-17-24)30-13-10-23(32)18-30/h1,5-9,14-17,19,23,27,32H,2-4,10-13,18H2/b5-1+,27-15?,29-25?. The number of β-amino-alcohol motifs (C(OH)–C–C–N with tert-alkyl or cyclic N) is 1. The summed E-state index contributed by atoms with van der Waals surface area (Å²) < 4.78 is 28.6. The summed E-state index contributed by atoms with van der Waals surface area (Å²) in [6, 6.07) is 7.93. The Balaban J connectivity index is 1.47. The highest BCUT2D eigenvalue weighted by Gasteiger charge is 2.23. The van der Waals surface area contributed by atoms with Crippen LogP contribution in [0.1, 0.15) is 25.7 Å². The molecule has 34 heavy (non-hydrogen) atoms. The van der Waals surface area contributed by atoms with Crippen molar-refractivity contribution >= 4 is 34.3 Å². The molecule has 0 aliphatic carbocycles. The monoisotopic (exact) mass is 483 g/mol. The molecule has 0 bridgehead atoms. The number of benzene rings is 1. The number of nitrogens with one attached hydrogen (secondary N) is 1. The quantitative estimate of drug-likeness (QED) is 0.631. The van der Waals surface area contributed by atoms with Crippen molar-refractivity contribution in [3.05, 3.63) is 60.7 Å². The van der Waals surface area contributed by atoms with E-state index < -0.39 is 11.0 Å². The van der Waals surface area contributed by atoms with Gasteiger partial charge in [-0.2, -0.15) is 0 Å². The zero-order valence-corrected chi connectivity index (χ0v) is 19.8. The first-order valence-electron chi connectivity index (χ1n) is 11.6. The summed E-state index contributed by atoms with van der Waals surface area (Å²) in [6.07, 6.45) is 11.3. The Morgan fingerprint density at radius 3 is 2.74 bits per heavy atom. The number of aliphatic hydroxyl groups excluding tert-OH is 1. The highest BCUT2D eigenvalue weighted by Crippen LogP contribution is 2.24. The molecule has 0 radical (unpaired) electrons. The number of pyridine rings is 1. The van der Waals surface area contributed by atoms with Crippen LogP contribution in [0, 0.1) is 17.1 Å². The van der Waals surface area contributed by atoms with Crippen molar-refractivity contribution in [3.63, 3.8) is 0 Å². The van der Waals surface area contributed by atoms with E-state index in [2.05, 4.69) is 14.9 Å². The van der Waals surface area contributed by atoms with Crippen molar-refractivity contribution in [1.82, 2.24) is 9.29 Å². The molecule has 0 amide bonds. The van der Waals surface area contributed by atoms with Gasteiger partial charge < -0.3 is 15.4 Å². The van der Waals surface area contributed by atoms with E-state index in [1.54, 1.807) is 24.5 Å². The second kappa shape index (κ2) is 11.6. The molecule has 2 N–H and O–H groups in total. The second-order valence-electron chi connectivity index (χ2n) is 8.57. The molecule has 3 heterocycles. The van der Waals surface area contributed by atoms with Gasteiger partial charge in [0.2, 0.25) is 0 Å². The van der Waals surface area contributed by atoms with E-state index in [-0.39, 0.29) is 17.8 Å². The molecular formula is C25H30FN5O2S. The summed E-state index contributed by atoms with van der Waals surface area (Å²) in [4.78, 5) is 11.7. The lowest BCUT2D eigenvalue weighted by Gasteiger charge is -2.24. The highest BCUT2D eigenvalue weighted by molar-refractivity contribution is 7.82. The van der Waals surface area contributed by atoms with E-state index in [4.69, 9.17) is 5.41 Å². The van der Waals surface area contributed by atoms with E-state index in [1.165, 1.54) is 18.3 Å². The number of hydrogen-bond acceptors (Lipinski definition) is 6. The number of rotatable bonds is 5. The zero-order chi connectivity index (χ0) is 23.9. The van der Waals surface area contributed by atoms with Gasteiger partial charge in [0.25, 0.3) is 0 Å². The van der Waals surface area contributed by atoms with Crippen LogP contribution in [0.5, 0.6) is 0 Å². The van der Waals surface area contributed by atoms with Crippen LogP contribution in [-0.2, 0) is 11.0 Å². The Kier molecular flexibility index (Phi) is 8.31. The van der Waals surface area contributed by atoms with Gasteiger partial charge in [-0.3, -0.25) is 9.98 Å². The molecule has 0 spiro atoms. The maximum atomic E-state index is 13.4. The van der Waals surface area contributed by atoms with E-state index >= 15 is 0 Å². The maximum absolute atomic E-state index is 13.4. The summed E-state index contributed by atoms with van der Waals surface area (Å²) in [5.74, 6) is -0.470. The Bertz CT molecular complexity index is 1080. The summed E-state index contributed by atoms with van der Waals surface area (Å²) >= 11 is 0. The van der Waals surface area contributed by atoms with Crippen LogP contribution in [0.4, 0.5) is 15.8 Å². The van der Waals surface area contributed by atoms with Gasteiger partial charge in [0, 0.05) is 50.2 Å². The van der Waals surface area contributed by atoms with Crippen LogP contribution >= 0.6 is 0 Å². The lowest BCUT2D eigenvalue weighted by atomic mass is 9.97. The molecule has 1 fully saturated rings. The summed E-state index contributed by atoms with van der Waals surface area (Å²) in [5, 5.41) is 17.7. The van der Waals surface area contributed by atoms with Gasteiger partial charge >= 0.3 is 0 Å². The number of aliphatic hydroxyl groups is 1. The van der Waals surface area contributed by atoms with Gasteiger partial charge in [0.15, 0.2) is 0 Å². The zero-order valence-electron chi connectivity index (χ0n) is 19.0. The van der Waals surface area contributed by atoms with Gasteiger partial charge in [-0.15, -0.1) is 0 Å². The third-order valence-corrected chi connectivity index (χ3v) is 7.55. The third kappa shape index (κ3) is 6.22. The van der Waals surface area contributed by atoms with Crippen molar-refractivity contribution in [2.75, 3.05) is 31.1 Å². The lowest BCUT2D eigenvalue weighted by molar-refractivity contribution is 0.198. The van der Waals surface area contributed by atoms with Gasteiger partial charge in [-0.05, 0) is 62.1 Å². The SMILES string of the molecule is N=CC1CCCN(S(=O)c2cncc(N3CCC(O)C3)c2)CC/C=C/C1=Nc1ccc(F)cc1. The van der Waals surface area contributed by atoms with Crippen molar-refractivity contribution < 1.29 is 13.7 Å². The Morgan fingerprint density at radius 1 is 1.18 bits per heavy atom. The first kappa shape index (κ1) is 24.4. The van der Waals surface area contributed by atoms with Gasteiger partial charge in [0.1, 0.15) is 16.8 Å². The van der Waals surface area contributed by atoms with Gasteiger partial charge in [-0.25, -0.2) is 12.9 Å². The summed E-state index contributed by atoms with van der Waals surface area (Å²) in [6.45, 7) is 2.58. The topological polar surface area (TPSA) is 92.9 Å². The fourth-order valence-corrected chi connectivity index (χ4v) is 5.45. The van der Waals surface area contributed by atoms with Crippen molar-refractivity contribution in [1.29, 1.82) is 5.41 Å². The third-order valence-electron chi connectivity index (χ3n) is 6.09. The number of halogens is 1. The number of allylic oxidation sites excluding steroid dienone is 1. The first-order chi connectivity index (χ1) is 16.5. The number of aromatic nitrogens is 1. The Morgan fingerprint density at radius 2 is 2.00 bits per heavy atom. The normalized spacial score (nSPS) is 25.2. The first-order valence-corrected chi connectivity index (χ1v) is 12.7. The molecule has 2 aliphatic rings. The molecular weight excluding hydrogens is 453 g/mol. The van der Waals surface area contributed by atoms with Crippen LogP contribution in [0.2, 0.25) is 0 Å². The fraction of sp³-hybridized carbons (Fsp3) is 0.400. The van der Waals surface area contributed by atoms with Crippen LogP contribution in [0.25, 0.3) is 0 Å². The maximum Gasteiger partial charge on any atom is 0.129 e. The Labute approximate surface area is 202 Å². The van der Waals surface area contributed by atoms with Crippen LogP contribution in [-0.4, -0.2) is 62.8 Å².